The van der Waals surface area contributed by atoms with Gasteiger partial charge in [0.25, 0.3) is 0 Å². The van der Waals surface area contributed by atoms with Crippen molar-refractivity contribution in [3.05, 3.63) is 65.0 Å². The Kier molecular flexibility index (Phi) is 4.57. The van der Waals surface area contributed by atoms with Crippen molar-refractivity contribution in [2.75, 3.05) is 0 Å². The van der Waals surface area contributed by atoms with Crippen LogP contribution in [-0.2, 0) is 12.8 Å². The number of carboxylic acids is 2. The molecule has 7 nitrogen and oxygen atoms in total. The van der Waals surface area contributed by atoms with Crippen LogP contribution in [0.5, 0.6) is 0 Å². The predicted octanol–water partition coefficient (Wildman–Crippen LogP) is 3.48. The van der Waals surface area contributed by atoms with Gasteiger partial charge in [0.2, 0.25) is 0 Å². The molecule has 0 bridgehead atoms. The number of pyridine rings is 3. The SMILES string of the molecule is O=C(O)c1ccnc(-c2cc(C(=O)O)cc(-c3cc4c(cn3)CCCC4)n2)c1. The molecular formula is C21H17N3O4. The maximum Gasteiger partial charge on any atom is 0.335 e. The van der Waals surface area contributed by atoms with E-state index in [4.69, 9.17) is 0 Å². The van der Waals surface area contributed by atoms with E-state index in [0.717, 1.165) is 25.7 Å². The van der Waals surface area contributed by atoms with Crippen molar-refractivity contribution in [2.24, 2.45) is 0 Å². The summed E-state index contributed by atoms with van der Waals surface area (Å²) >= 11 is 0. The van der Waals surface area contributed by atoms with E-state index in [1.54, 1.807) is 0 Å². The minimum atomic E-state index is -1.10. The fraction of sp³-hybridized carbons (Fsp3) is 0.190. The largest absolute Gasteiger partial charge is 0.478 e. The third-order valence-electron chi connectivity index (χ3n) is 4.83. The Balaban J connectivity index is 1.84. The van der Waals surface area contributed by atoms with E-state index in [9.17, 15) is 19.8 Å². The average molecular weight is 375 g/mol. The Morgan fingerprint density at radius 2 is 1.36 bits per heavy atom. The van der Waals surface area contributed by atoms with Crippen molar-refractivity contribution in [1.82, 2.24) is 15.0 Å². The zero-order valence-electron chi connectivity index (χ0n) is 14.9. The topological polar surface area (TPSA) is 113 Å². The highest BCUT2D eigenvalue weighted by molar-refractivity contribution is 5.91. The molecule has 2 N–H and O–H groups in total. The first kappa shape index (κ1) is 17.8. The molecule has 7 heteroatoms. The van der Waals surface area contributed by atoms with E-state index < -0.39 is 11.9 Å². The van der Waals surface area contributed by atoms with E-state index >= 15 is 0 Å². The van der Waals surface area contributed by atoms with Gasteiger partial charge in [-0.05, 0) is 67.1 Å². The first-order valence-corrected chi connectivity index (χ1v) is 8.94. The van der Waals surface area contributed by atoms with Gasteiger partial charge in [0, 0.05) is 12.4 Å². The highest BCUT2D eigenvalue weighted by Crippen LogP contribution is 2.27. The van der Waals surface area contributed by atoms with E-state index in [1.807, 2.05) is 12.3 Å². The van der Waals surface area contributed by atoms with Crippen LogP contribution in [0.15, 0.2) is 42.7 Å². The summed E-state index contributed by atoms with van der Waals surface area (Å²) in [5, 5.41) is 18.7. The van der Waals surface area contributed by atoms with Gasteiger partial charge in [0.1, 0.15) is 0 Å². The number of carbonyl (C=O) groups is 2. The van der Waals surface area contributed by atoms with Crippen molar-refractivity contribution in [3.8, 4) is 22.8 Å². The van der Waals surface area contributed by atoms with Crippen molar-refractivity contribution in [3.63, 3.8) is 0 Å². The lowest BCUT2D eigenvalue weighted by molar-refractivity contribution is 0.0686. The molecule has 0 amide bonds. The molecule has 1 aliphatic carbocycles. The molecule has 0 saturated heterocycles. The molecule has 0 fully saturated rings. The highest BCUT2D eigenvalue weighted by atomic mass is 16.4. The number of hydrogen-bond donors (Lipinski definition) is 2. The Morgan fingerprint density at radius 1 is 0.750 bits per heavy atom. The first-order chi connectivity index (χ1) is 13.5. The molecule has 0 spiro atoms. The molecule has 28 heavy (non-hydrogen) atoms. The van der Waals surface area contributed by atoms with Crippen LogP contribution in [-0.4, -0.2) is 37.1 Å². The van der Waals surface area contributed by atoms with Gasteiger partial charge in [0.05, 0.1) is 33.9 Å². The minimum absolute atomic E-state index is 0.0436. The number of aryl methyl sites for hydroxylation is 2. The van der Waals surface area contributed by atoms with E-state index in [2.05, 4.69) is 15.0 Å². The number of carboxylic acid groups (broad SMARTS) is 2. The van der Waals surface area contributed by atoms with Gasteiger partial charge in [-0.2, -0.15) is 0 Å². The summed E-state index contributed by atoms with van der Waals surface area (Å²) in [6.07, 6.45) is 7.44. The smallest absolute Gasteiger partial charge is 0.335 e. The molecule has 1 aliphatic rings. The summed E-state index contributed by atoms with van der Waals surface area (Å²) in [6, 6.07) is 7.58. The molecule has 3 aromatic rings. The van der Waals surface area contributed by atoms with Crippen LogP contribution >= 0.6 is 0 Å². The van der Waals surface area contributed by atoms with E-state index in [0.29, 0.717) is 17.1 Å². The third-order valence-corrected chi connectivity index (χ3v) is 4.83. The second-order valence-corrected chi connectivity index (χ2v) is 6.71. The maximum absolute atomic E-state index is 11.6. The standard InChI is InChI=1S/C21H17N3O4/c25-20(26)13-5-6-22-16(8-13)18-9-15(21(27)28)10-19(24-18)17-7-12-3-1-2-4-14(12)11-23-17/h5-11H,1-4H2,(H,25,26)(H,27,28). The predicted molar refractivity (Wildman–Crippen MR) is 101 cm³/mol. The number of aromatic nitrogens is 3. The Morgan fingerprint density at radius 3 is 2.04 bits per heavy atom. The van der Waals surface area contributed by atoms with Crippen LogP contribution in [0, 0.1) is 0 Å². The molecule has 0 aliphatic heterocycles. The number of rotatable bonds is 4. The van der Waals surface area contributed by atoms with Gasteiger partial charge in [-0.25, -0.2) is 14.6 Å². The summed E-state index contributed by atoms with van der Waals surface area (Å²) in [7, 11) is 0. The lowest BCUT2D eigenvalue weighted by Gasteiger charge is -2.16. The van der Waals surface area contributed by atoms with Crippen molar-refractivity contribution < 1.29 is 19.8 Å². The molecule has 3 heterocycles. The van der Waals surface area contributed by atoms with Gasteiger partial charge in [-0.15, -0.1) is 0 Å². The molecule has 4 rings (SSSR count). The quantitative estimate of drug-likeness (QED) is 0.717. The summed E-state index contributed by atoms with van der Waals surface area (Å²) in [5.74, 6) is -2.19. The zero-order chi connectivity index (χ0) is 19.7. The monoisotopic (exact) mass is 375 g/mol. The van der Waals surface area contributed by atoms with Crippen LogP contribution in [0.1, 0.15) is 44.7 Å². The van der Waals surface area contributed by atoms with Gasteiger partial charge in [-0.3, -0.25) is 9.97 Å². The molecular weight excluding hydrogens is 358 g/mol. The molecule has 3 aromatic heterocycles. The molecule has 0 saturated carbocycles. The van der Waals surface area contributed by atoms with Crippen LogP contribution in [0.2, 0.25) is 0 Å². The van der Waals surface area contributed by atoms with Crippen LogP contribution in [0.25, 0.3) is 22.8 Å². The molecule has 140 valence electrons. The van der Waals surface area contributed by atoms with Gasteiger partial charge in [-0.1, -0.05) is 0 Å². The first-order valence-electron chi connectivity index (χ1n) is 8.94. The minimum Gasteiger partial charge on any atom is -0.478 e. The fourth-order valence-corrected chi connectivity index (χ4v) is 3.37. The van der Waals surface area contributed by atoms with Gasteiger partial charge >= 0.3 is 11.9 Å². The Hall–Kier alpha value is -3.61. The summed E-state index contributed by atoms with van der Waals surface area (Å²) in [4.78, 5) is 36.0. The summed E-state index contributed by atoms with van der Waals surface area (Å²) in [5.41, 5.74) is 4.14. The number of hydrogen-bond acceptors (Lipinski definition) is 5. The van der Waals surface area contributed by atoms with Gasteiger partial charge < -0.3 is 10.2 Å². The molecule has 0 aromatic carbocycles. The maximum atomic E-state index is 11.6. The van der Waals surface area contributed by atoms with Crippen LogP contribution in [0.3, 0.4) is 0 Å². The van der Waals surface area contributed by atoms with Crippen molar-refractivity contribution in [1.29, 1.82) is 0 Å². The highest BCUT2D eigenvalue weighted by Gasteiger charge is 2.16. The number of nitrogens with zero attached hydrogens (tertiary/aromatic N) is 3. The Labute approximate surface area is 160 Å². The average Bonchev–Trinajstić information content (AvgIpc) is 2.73. The lowest BCUT2D eigenvalue weighted by atomic mass is 9.92. The summed E-state index contributed by atoms with van der Waals surface area (Å²) < 4.78 is 0. The normalized spacial score (nSPS) is 13.0. The summed E-state index contributed by atoms with van der Waals surface area (Å²) in [6.45, 7) is 0. The third kappa shape index (κ3) is 3.46. The van der Waals surface area contributed by atoms with Crippen LogP contribution < -0.4 is 0 Å². The number of fused-ring (bicyclic) bond motifs is 1. The Bertz CT molecular complexity index is 1090. The van der Waals surface area contributed by atoms with E-state index in [-0.39, 0.29) is 16.8 Å². The molecule has 0 radical (unpaired) electrons. The molecule has 0 atom stereocenters. The second-order valence-electron chi connectivity index (χ2n) is 6.71. The van der Waals surface area contributed by atoms with Crippen molar-refractivity contribution in [2.45, 2.75) is 25.7 Å². The zero-order valence-corrected chi connectivity index (χ0v) is 14.9. The second kappa shape index (κ2) is 7.19. The van der Waals surface area contributed by atoms with Gasteiger partial charge in [0.15, 0.2) is 0 Å². The molecule has 0 unspecified atom stereocenters. The van der Waals surface area contributed by atoms with Crippen LogP contribution in [0.4, 0.5) is 0 Å². The lowest BCUT2D eigenvalue weighted by Crippen LogP contribution is -2.05. The fourth-order valence-electron chi connectivity index (χ4n) is 3.37. The van der Waals surface area contributed by atoms with E-state index in [1.165, 1.54) is 41.6 Å². The number of aromatic carboxylic acids is 2. The van der Waals surface area contributed by atoms with Crippen molar-refractivity contribution >= 4 is 11.9 Å².